The van der Waals surface area contributed by atoms with Crippen LogP contribution in [0.2, 0.25) is 0 Å². The number of amides is 1. The molecule has 5 heteroatoms. The van der Waals surface area contributed by atoms with Crippen LogP contribution in [0.3, 0.4) is 0 Å². The van der Waals surface area contributed by atoms with E-state index in [4.69, 9.17) is 0 Å². The van der Waals surface area contributed by atoms with Crippen molar-refractivity contribution in [1.29, 1.82) is 0 Å². The van der Waals surface area contributed by atoms with Crippen molar-refractivity contribution in [3.05, 3.63) is 71.5 Å². The van der Waals surface area contributed by atoms with Gasteiger partial charge in [0.25, 0.3) is 0 Å². The van der Waals surface area contributed by atoms with Gasteiger partial charge in [0.1, 0.15) is 5.82 Å². The Labute approximate surface area is 154 Å². The summed E-state index contributed by atoms with van der Waals surface area (Å²) in [6.07, 6.45) is 0.225. The zero-order valence-electron chi connectivity index (χ0n) is 15.0. The third kappa shape index (κ3) is 5.93. The maximum absolute atomic E-state index is 13.1. The number of carbonyl (C=O) groups is 1. The van der Waals surface area contributed by atoms with E-state index in [9.17, 15) is 9.18 Å². The Bertz CT molecular complexity index is 699. The summed E-state index contributed by atoms with van der Waals surface area (Å²) in [6.45, 7) is 6.62. The van der Waals surface area contributed by atoms with Gasteiger partial charge >= 0.3 is 0 Å². The van der Waals surface area contributed by atoms with Gasteiger partial charge in [-0.05, 0) is 23.3 Å². The van der Waals surface area contributed by atoms with E-state index in [0.717, 1.165) is 39.3 Å². The predicted molar refractivity (Wildman–Crippen MR) is 101 cm³/mol. The molecule has 26 heavy (non-hydrogen) atoms. The van der Waals surface area contributed by atoms with Crippen LogP contribution < -0.4 is 5.32 Å². The number of hydrogen-bond acceptors (Lipinski definition) is 3. The number of piperazine rings is 1. The normalized spacial score (nSPS) is 15.7. The van der Waals surface area contributed by atoms with Gasteiger partial charge in [-0.15, -0.1) is 0 Å². The van der Waals surface area contributed by atoms with Crippen molar-refractivity contribution in [2.24, 2.45) is 0 Å². The van der Waals surface area contributed by atoms with Crippen LogP contribution in [-0.2, 0) is 17.8 Å². The van der Waals surface area contributed by atoms with Crippen LogP contribution in [0.15, 0.2) is 54.6 Å². The zero-order chi connectivity index (χ0) is 18.2. The molecule has 2 aromatic rings. The lowest BCUT2D eigenvalue weighted by Gasteiger charge is -2.34. The maximum atomic E-state index is 13.1. The van der Waals surface area contributed by atoms with Crippen molar-refractivity contribution in [1.82, 2.24) is 15.1 Å². The van der Waals surface area contributed by atoms with E-state index in [1.165, 1.54) is 17.7 Å². The van der Waals surface area contributed by atoms with Crippen molar-refractivity contribution in [3.63, 3.8) is 0 Å². The summed E-state index contributed by atoms with van der Waals surface area (Å²) in [6, 6.07) is 16.7. The second-order valence-electron chi connectivity index (χ2n) is 6.76. The first kappa shape index (κ1) is 18.5. The first-order chi connectivity index (χ1) is 12.7. The van der Waals surface area contributed by atoms with Crippen LogP contribution in [0, 0.1) is 5.82 Å². The smallest absolute Gasteiger partial charge is 0.224 e. The second kappa shape index (κ2) is 9.46. The van der Waals surface area contributed by atoms with Gasteiger partial charge in [-0.3, -0.25) is 14.6 Å². The molecule has 1 aliphatic heterocycles. The fraction of sp³-hybridized carbons (Fsp3) is 0.381. The van der Waals surface area contributed by atoms with Crippen LogP contribution >= 0.6 is 0 Å². The van der Waals surface area contributed by atoms with Crippen molar-refractivity contribution in [2.75, 3.05) is 39.3 Å². The lowest BCUT2D eigenvalue weighted by Crippen LogP contribution is -2.48. The molecule has 4 nitrogen and oxygen atoms in total. The SMILES string of the molecule is O=C(Cc1cccc(F)c1)NCCN1CCN(Cc2ccccc2)CC1. The molecule has 1 aliphatic rings. The van der Waals surface area contributed by atoms with Gasteiger partial charge in [-0.25, -0.2) is 4.39 Å². The second-order valence-corrected chi connectivity index (χ2v) is 6.76. The molecule has 0 bridgehead atoms. The van der Waals surface area contributed by atoms with Crippen LogP contribution in [0.1, 0.15) is 11.1 Å². The third-order valence-electron chi connectivity index (χ3n) is 4.72. The Morgan fingerprint density at radius 2 is 1.62 bits per heavy atom. The molecule has 0 aliphatic carbocycles. The van der Waals surface area contributed by atoms with Gasteiger partial charge in [0.05, 0.1) is 6.42 Å². The quantitative estimate of drug-likeness (QED) is 0.828. The molecule has 2 aromatic carbocycles. The first-order valence-corrected chi connectivity index (χ1v) is 9.19. The molecule has 0 aromatic heterocycles. The first-order valence-electron chi connectivity index (χ1n) is 9.19. The van der Waals surface area contributed by atoms with Gasteiger partial charge < -0.3 is 5.32 Å². The lowest BCUT2D eigenvalue weighted by atomic mass is 10.1. The summed E-state index contributed by atoms with van der Waals surface area (Å²) in [5.41, 5.74) is 2.06. The van der Waals surface area contributed by atoms with Crippen LogP contribution in [0.5, 0.6) is 0 Å². The molecular weight excluding hydrogens is 329 g/mol. The molecule has 1 amide bonds. The Balaban J connectivity index is 1.32. The molecule has 1 N–H and O–H groups in total. The van der Waals surface area contributed by atoms with E-state index in [-0.39, 0.29) is 18.1 Å². The topological polar surface area (TPSA) is 35.6 Å². The minimum Gasteiger partial charge on any atom is -0.355 e. The number of carbonyl (C=O) groups excluding carboxylic acids is 1. The van der Waals surface area contributed by atoms with E-state index < -0.39 is 0 Å². The van der Waals surface area contributed by atoms with Gasteiger partial charge in [-0.2, -0.15) is 0 Å². The summed E-state index contributed by atoms with van der Waals surface area (Å²) in [5, 5.41) is 2.93. The summed E-state index contributed by atoms with van der Waals surface area (Å²) in [7, 11) is 0. The molecule has 0 radical (unpaired) electrons. The van der Waals surface area contributed by atoms with Crippen molar-refractivity contribution < 1.29 is 9.18 Å². The van der Waals surface area contributed by atoms with E-state index in [0.29, 0.717) is 12.1 Å². The largest absolute Gasteiger partial charge is 0.355 e. The van der Waals surface area contributed by atoms with Gasteiger partial charge in [0, 0.05) is 45.8 Å². The number of nitrogens with zero attached hydrogens (tertiary/aromatic N) is 2. The Kier molecular flexibility index (Phi) is 6.75. The van der Waals surface area contributed by atoms with Crippen LogP contribution in [0.4, 0.5) is 4.39 Å². The average Bonchev–Trinajstić information content (AvgIpc) is 2.64. The Morgan fingerprint density at radius 1 is 0.923 bits per heavy atom. The molecule has 1 saturated heterocycles. The van der Waals surface area contributed by atoms with Crippen LogP contribution in [-0.4, -0.2) is 55.0 Å². The van der Waals surface area contributed by atoms with Crippen molar-refractivity contribution >= 4 is 5.91 Å². The van der Waals surface area contributed by atoms with E-state index >= 15 is 0 Å². The number of benzene rings is 2. The predicted octanol–water partition coefficient (Wildman–Crippen LogP) is 2.30. The molecule has 0 unspecified atom stereocenters. The summed E-state index contributed by atoms with van der Waals surface area (Å²) < 4.78 is 13.1. The summed E-state index contributed by atoms with van der Waals surface area (Å²) in [5.74, 6) is -0.359. The zero-order valence-corrected chi connectivity index (χ0v) is 15.0. The highest BCUT2D eigenvalue weighted by atomic mass is 19.1. The van der Waals surface area contributed by atoms with Gasteiger partial charge in [0.2, 0.25) is 5.91 Å². The van der Waals surface area contributed by atoms with Crippen LogP contribution in [0.25, 0.3) is 0 Å². The number of rotatable bonds is 7. The number of nitrogens with one attached hydrogen (secondary N) is 1. The average molecular weight is 355 g/mol. The molecular formula is C21H26FN3O. The molecule has 0 saturated carbocycles. The minimum atomic E-state index is -0.302. The molecule has 0 spiro atoms. The highest BCUT2D eigenvalue weighted by Crippen LogP contribution is 2.08. The maximum Gasteiger partial charge on any atom is 0.224 e. The third-order valence-corrected chi connectivity index (χ3v) is 4.72. The van der Waals surface area contributed by atoms with E-state index in [1.807, 2.05) is 6.07 Å². The molecule has 138 valence electrons. The summed E-state index contributed by atoms with van der Waals surface area (Å²) in [4.78, 5) is 16.8. The van der Waals surface area contributed by atoms with Gasteiger partial charge in [-0.1, -0.05) is 42.5 Å². The van der Waals surface area contributed by atoms with E-state index in [1.54, 1.807) is 12.1 Å². The fourth-order valence-corrected chi connectivity index (χ4v) is 3.26. The number of halogens is 1. The van der Waals surface area contributed by atoms with Crippen molar-refractivity contribution in [3.8, 4) is 0 Å². The lowest BCUT2D eigenvalue weighted by molar-refractivity contribution is -0.120. The Hall–Kier alpha value is -2.24. The highest BCUT2D eigenvalue weighted by molar-refractivity contribution is 5.78. The fourth-order valence-electron chi connectivity index (χ4n) is 3.26. The van der Waals surface area contributed by atoms with E-state index in [2.05, 4.69) is 39.4 Å². The monoisotopic (exact) mass is 355 g/mol. The van der Waals surface area contributed by atoms with Gasteiger partial charge in [0.15, 0.2) is 0 Å². The molecule has 1 heterocycles. The highest BCUT2D eigenvalue weighted by Gasteiger charge is 2.16. The minimum absolute atomic E-state index is 0.0571. The standard InChI is InChI=1S/C21H26FN3O/c22-20-8-4-7-19(15-20)16-21(26)23-9-10-24-11-13-25(14-12-24)17-18-5-2-1-3-6-18/h1-8,15H,9-14,16-17H2,(H,23,26). The molecule has 3 rings (SSSR count). The number of hydrogen-bond donors (Lipinski definition) is 1. The summed E-state index contributed by atoms with van der Waals surface area (Å²) >= 11 is 0. The molecule has 0 atom stereocenters. The molecule has 1 fully saturated rings. The Morgan fingerprint density at radius 3 is 2.35 bits per heavy atom. The van der Waals surface area contributed by atoms with Crippen molar-refractivity contribution in [2.45, 2.75) is 13.0 Å².